The van der Waals surface area contributed by atoms with Gasteiger partial charge in [-0.2, -0.15) is 0 Å². The van der Waals surface area contributed by atoms with Gasteiger partial charge in [0.2, 0.25) is 0 Å². The first-order chi connectivity index (χ1) is 21.6. The van der Waals surface area contributed by atoms with Crippen molar-refractivity contribution in [1.29, 1.82) is 0 Å². The Hall–Kier alpha value is -2.47. The number of carbonyl (C=O) groups is 1. The van der Waals surface area contributed by atoms with Gasteiger partial charge in [0.1, 0.15) is 0 Å². The Kier molecular flexibility index (Phi) is 13.1. The number of rotatable bonds is 9. The number of aromatic nitrogens is 1. The van der Waals surface area contributed by atoms with Gasteiger partial charge in [0.25, 0.3) is 0 Å². The molecule has 6 heteroatoms. The Morgan fingerprint density at radius 1 is 0.979 bits per heavy atom. The van der Waals surface area contributed by atoms with Gasteiger partial charge in [0, 0.05) is 38.0 Å². The van der Waals surface area contributed by atoms with Crippen LogP contribution < -0.4 is 9.13 Å². The third-order valence-corrected chi connectivity index (χ3v) is 13.7. The number of ketones is 1. The fourth-order valence-electron chi connectivity index (χ4n) is 6.93. The molecule has 0 saturated heterocycles. The molecule has 1 aromatic heterocycles. The second-order valence-electron chi connectivity index (χ2n) is 15.1. The minimum Gasteiger partial charge on any atom is 0 e. The van der Waals surface area contributed by atoms with Gasteiger partial charge >= 0.3 is 188 Å². The molecule has 4 nitrogen and oxygen atoms in total. The first kappa shape index (κ1) is 39.0. The van der Waals surface area contributed by atoms with Crippen molar-refractivity contribution in [2.45, 2.75) is 105 Å². The van der Waals surface area contributed by atoms with E-state index in [4.69, 9.17) is 9.72 Å². The molecule has 0 aliphatic carbocycles. The van der Waals surface area contributed by atoms with Crippen LogP contribution in [-0.4, -0.2) is 29.1 Å². The molecule has 0 amide bonds. The summed E-state index contributed by atoms with van der Waals surface area (Å²) in [4.78, 5) is 16.6. The number of carbonyl (C=O) groups excluding carboxylic acids is 1. The maximum atomic E-state index is 11.7. The molecule has 1 aliphatic heterocycles. The number of hydrogen-bond acceptors (Lipinski definition) is 4. The maximum Gasteiger partial charge on any atom is 0 e. The molecule has 1 radical (unpaired) electrons. The topological polar surface area (TPSA) is 59.4 Å². The molecule has 2 heterocycles. The van der Waals surface area contributed by atoms with Crippen molar-refractivity contribution in [1.82, 2.24) is 4.98 Å². The van der Waals surface area contributed by atoms with E-state index in [2.05, 4.69) is 87.4 Å². The van der Waals surface area contributed by atoms with Gasteiger partial charge in [-0.25, -0.2) is 0 Å². The van der Waals surface area contributed by atoms with E-state index in [-0.39, 0.29) is 48.9 Å². The summed E-state index contributed by atoms with van der Waals surface area (Å²) < 4.78 is 8.28. The first-order valence-electron chi connectivity index (χ1n) is 17.2. The van der Waals surface area contributed by atoms with Crippen LogP contribution in [0.25, 0.3) is 32.8 Å². The van der Waals surface area contributed by atoms with Crippen LogP contribution in [0.15, 0.2) is 54.4 Å². The van der Waals surface area contributed by atoms with Crippen LogP contribution in [0, 0.1) is 30.2 Å². The summed E-state index contributed by atoms with van der Waals surface area (Å²) in [6, 6.07) is 16.7. The van der Waals surface area contributed by atoms with Crippen LogP contribution in [0.3, 0.4) is 0 Å². The summed E-state index contributed by atoms with van der Waals surface area (Å²) in [7, 11) is 0. The summed E-state index contributed by atoms with van der Waals surface area (Å²) in [6.45, 7) is 17.2. The van der Waals surface area contributed by atoms with E-state index in [0.29, 0.717) is 0 Å². The number of hydrogen-bond donors (Lipinski definition) is 1. The van der Waals surface area contributed by atoms with Crippen molar-refractivity contribution in [3.8, 4) is 22.8 Å². The number of ether oxygens (including phenoxy) is 1. The minimum absolute atomic E-state index is 0. The van der Waals surface area contributed by atoms with Crippen LogP contribution in [0.4, 0.5) is 0 Å². The van der Waals surface area contributed by atoms with Crippen molar-refractivity contribution in [3.63, 3.8) is 0 Å². The zero-order valence-electron chi connectivity index (χ0n) is 30.4. The predicted octanol–water partition coefficient (Wildman–Crippen LogP) is 11.3. The van der Waals surface area contributed by atoms with E-state index < -0.39 is 13.3 Å². The molecular weight excluding hydrogens is 819 g/mol. The minimum atomic E-state index is -2.10. The van der Waals surface area contributed by atoms with E-state index in [0.717, 1.165) is 65.6 Å². The van der Waals surface area contributed by atoms with Crippen molar-refractivity contribution in [2.24, 2.45) is 17.3 Å². The molecule has 0 fully saturated rings. The van der Waals surface area contributed by atoms with Crippen LogP contribution in [0.1, 0.15) is 85.3 Å². The Labute approximate surface area is 299 Å². The number of aliphatic hydroxyl groups excluding tert-OH is 1. The molecule has 0 saturated carbocycles. The van der Waals surface area contributed by atoms with Crippen LogP contribution in [-0.2, 0) is 31.3 Å². The van der Waals surface area contributed by atoms with Gasteiger partial charge in [-0.15, -0.1) is 0 Å². The van der Waals surface area contributed by atoms with Gasteiger partial charge in [-0.05, 0) is 25.7 Å². The van der Waals surface area contributed by atoms with Gasteiger partial charge < -0.3 is 5.11 Å². The van der Waals surface area contributed by atoms with Gasteiger partial charge in [-0.3, -0.25) is 4.79 Å². The number of fused-ring (bicyclic) bond motifs is 3. The van der Waals surface area contributed by atoms with Crippen molar-refractivity contribution < 1.29 is 34.7 Å². The fourth-order valence-corrected chi connectivity index (χ4v) is 11.7. The maximum absolute atomic E-state index is 11.7. The van der Waals surface area contributed by atoms with E-state index in [1.54, 1.807) is 4.40 Å². The zero-order chi connectivity index (χ0) is 34.0. The van der Waals surface area contributed by atoms with Crippen molar-refractivity contribution in [2.75, 3.05) is 0 Å². The average molecular weight is 874 g/mol. The number of nitrogens with zero attached hydrogens (tertiary/aromatic N) is 1. The average Bonchev–Trinajstić information content (AvgIpc) is 2.98. The molecule has 0 spiro atoms. The quantitative estimate of drug-likeness (QED) is 0.0694. The standard InChI is InChI=1S/C28H30GeNO.C13H24O2.Ir/c1-17-14-23-24-20(25(17)29(5,6)7)12-13-30-26(24)21-15-18-10-8-9-11-19(18)22(27(21)31-23)16-28(2,3)4;1-5-10(6-2)12(14)9-13(15)11(7-3)8-4;/h8-14H,16H2,1-7H3;9-11,14H,5-8H2,1-4H3;/q-1;;/b;12-9-;. The molecule has 3 aromatic carbocycles. The second-order valence-corrected chi connectivity index (χ2v) is 25.6. The number of benzene rings is 3. The number of pyridine rings is 1. The second kappa shape index (κ2) is 15.8. The zero-order valence-corrected chi connectivity index (χ0v) is 34.8. The Balaban J connectivity index is 0.000000322. The molecule has 1 N–H and O–H groups in total. The largest absolute Gasteiger partial charge is 0 e. The monoisotopic (exact) mass is 875 g/mol. The molecule has 4 aromatic rings. The number of aryl methyl sites for hydroxylation is 1. The number of allylic oxidation sites excluding steroid dienone is 2. The molecule has 255 valence electrons. The van der Waals surface area contributed by atoms with E-state index >= 15 is 0 Å². The Bertz CT molecular complexity index is 1760. The third-order valence-electron chi connectivity index (χ3n) is 9.21. The van der Waals surface area contributed by atoms with Crippen molar-refractivity contribution in [3.05, 3.63) is 71.6 Å². The summed E-state index contributed by atoms with van der Waals surface area (Å²) >= 11 is -2.10. The molecule has 0 unspecified atom stereocenters. The van der Waals surface area contributed by atoms with E-state index in [9.17, 15) is 9.90 Å². The van der Waals surface area contributed by atoms with Gasteiger partial charge in [-0.1, -0.05) is 27.7 Å². The first-order valence-corrected chi connectivity index (χ1v) is 24.5. The van der Waals surface area contributed by atoms with Gasteiger partial charge in [0.05, 0.1) is 5.76 Å². The number of aliphatic hydroxyl groups is 1. The SMILES string of the molecule is CCC(CC)C(=O)/C=C(\O)C(CC)CC.Cc1cc2c3c(nccc3[c]1[Ge]([CH3])([CH3])[CH3])-c1[c-]c3ccccc3c(CC(C)(C)C)c1O2.[Ir]. The van der Waals surface area contributed by atoms with Crippen molar-refractivity contribution >= 4 is 45.0 Å². The van der Waals surface area contributed by atoms with E-state index in [1.807, 2.05) is 33.9 Å². The molecule has 5 rings (SSSR count). The normalized spacial score (nSPS) is 12.8. The third kappa shape index (κ3) is 8.58. The summed E-state index contributed by atoms with van der Waals surface area (Å²) in [5.41, 5.74) is 4.77. The van der Waals surface area contributed by atoms with Gasteiger partial charge in [0.15, 0.2) is 5.78 Å². The molecule has 0 atom stereocenters. The molecular formula is C41H54GeIrNO3-. The predicted molar refractivity (Wildman–Crippen MR) is 198 cm³/mol. The van der Waals surface area contributed by atoms with Crippen LogP contribution in [0.5, 0.6) is 11.5 Å². The fraction of sp³-hybridized carbons (Fsp3) is 0.463. The summed E-state index contributed by atoms with van der Waals surface area (Å²) in [5, 5.41) is 14.6. The summed E-state index contributed by atoms with van der Waals surface area (Å²) in [5.74, 6) is 9.81. The molecule has 47 heavy (non-hydrogen) atoms. The summed E-state index contributed by atoms with van der Waals surface area (Å²) in [6.07, 6.45) is 7.81. The molecule has 1 aliphatic rings. The smallest absolute Gasteiger partial charge is 0 e. The molecule has 0 bridgehead atoms. The van der Waals surface area contributed by atoms with Crippen LogP contribution in [0.2, 0.25) is 17.3 Å². The Morgan fingerprint density at radius 2 is 1.60 bits per heavy atom. The van der Waals surface area contributed by atoms with Crippen LogP contribution >= 0.6 is 0 Å². The Morgan fingerprint density at radius 3 is 2.17 bits per heavy atom. The van der Waals surface area contributed by atoms with E-state index in [1.165, 1.54) is 28.0 Å².